The highest BCUT2D eigenvalue weighted by molar-refractivity contribution is 5.70. The molecule has 88 valence electrons. The fourth-order valence-electron chi connectivity index (χ4n) is 1.47. The van der Waals surface area contributed by atoms with Crippen LogP contribution in [-0.4, -0.2) is 17.7 Å². The van der Waals surface area contributed by atoms with Gasteiger partial charge in [-0.3, -0.25) is 4.79 Å². The first kappa shape index (κ1) is 12.7. The molecule has 1 aromatic rings. The summed E-state index contributed by atoms with van der Waals surface area (Å²) in [6, 6.07) is 5.69. The number of benzene rings is 1. The average Bonchev–Trinajstić information content (AvgIpc) is 2.22. The minimum Gasteiger partial charge on any atom is -0.466 e. The summed E-state index contributed by atoms with van der Waals surface area (Å²) in [5.74, 6) is -0.367. The van der Waals surface area contributed by atoms with Crippen LogP contribution in [0.3, 0.4) is 0 Å². The minimum atomic E-state index is -0.779. The van der Waals surface area contributed by atoms with Gasteiger partial charge in [0, 0.05) is 0 Å². The number of hydrogen-bond acceptors (Lipinski definition) is 3. The first-order valence-electron chi connectivity index (χ1n) is 5.45. The summed E-state index contributed by atoms with van der Waals surface area (Å²) in [5.41, 5.74) is 3.05. The van der Waals surface area contributed by atoms with Crippen LogP contribution in [0.1, 0.15) is 36.1 Å². The summed E-state index contributed by atoms with van der Waals surface area (Å²) >= 11 is 0. The Kier molecular flexibility index (Phi) is 4.50. The van der Waals surface area contributed by atoms with Crippen molar-refractivity contribution in [3.63, 3.8) is 0 Å². The lowest BCUT2D eigenvalue weighted by atomic mass is 10.0. The van der Waals surface area contributed by atoms with Crippen molar-refractivity contribution >= 4 is 5.97 Å². The Hall–Kier alpha value is -1.35. The molecule has 0 aliphatic rings. The zero-order chi connectivity index (χ0) is 12.1. The Morgan fingerprint density at radius 1 is 1.38 bits per heavy atom. The van der Waals surface area contributed by atoms with Crippen LogP contribution in [0.4, 0.5) is 0 Å². The fourth-order valence-corrected chi connectivity index (χ4v) is 1.47. The van der Waals surface area contributed by atoms with Crippen molar-refractivity contribution < 1.29 is 14.6 Å². The third-order valence-corrected chi connectivity index (χ3v) is 2.58. The van der Waals surface area contributed by atoms with Crippen LogP contribution in [0.2, 0.25) is 0 Å². The van der Waals surface area contributed by atoms with Gasteiger partial charge in [-0.2, -0.15) is 0 Å². The molecule has 1 rings (SSSR count). The number of aliphatic hydroxyl groups is 1. The number of carbonyl (C=O) groups is 1. The summed E-state index contributed by atoms with van der Waals surface area (Å²) in [6.45, 7) is 6.09. The number of esters is 1. The van der Waals surface area contributed by atoms with Crippen LogP contribution in [0.15, 0.2) is 18.2 Å². The predicted octanol–water partition coefficient (Wildman–Crippen LogP) is 2.29. The maximum absolute atomic E-state index is 11.2. The molecule has 0 saturated heterocycles. The minimum absolute atomic E-state index is 0.0103. The lowest BCUT2D eigenvalue weighted by Crippen LogP contribution is -2.10. The number of rotatable bonds is 4. The number of aryl methyl sites for hydroxylation is 2. The van der Waals surface area contributed by atoms with Gasteiger partial charge in [0.2, 0.25) is 0 Å². The van der Waals surface area contributed by atoms with Gasteiger partial charge in [-0.15, -0.1) is 0 Å². The molecule has 16 heavy (non-hydrogen) atoms. The maximum atomic E-state index is 11.2. The van der Waals surface area contributed by atoms with E-state index in [2.05, 4.69) is 0 Å². The maximum Gasteiger partial charge on any atom is 0.308 e. The van der Waals surface area contributed by atoms with Crippen molar-refractivity contribution in [2.75, 3.05) is 6.61 Å². The van der Waals surface area contributed by atoms with E-state index in [9.17, 15) is 9.90 Å². The second-order valence-corrected chi connectivity index (χ2v) is 3.87. The SMILES string of the molecule is CCOC(=O)CC(O)c1ccc(C)c(C)c1. The molecule has 1 unspecified atom stereocenters. The summed E-state index contributed by atoms with van der Waals surface area (Å²) < 4.78 is 4.79. The lowest BCUT2D eigenvalue weighted by molar-refractivity contribution is -0.145. The Bertz CT molecular complexity index is 371. The van der Waals surface area contributed by atoms with E-state index in [1.165, 1.54) is 5.56 Å². The van der Waals surface area contributed by atoms with E-state index in [0.29, 0.717) is 6.61 Å². The first-order chi connectivity index (χ1) is 7.54. The van der Waals surface area contributed by atoms with Gasteiger partial charge in [-0.25, -0.2) is 0 Å². The van der Waals surface area contributed by atoms with Crippen molar-refractivity contribution in [3.05, 3.63) is 34.9 Å². The van der Waals surface area contributed by atoms with Crippen molar-refractivity contribution in [3.8, 4) is 0 Å². The van der Waals surface area contributed by atoms with Crippen LogP contribution in [0.25, 0.3) is 0 Å². The van der Waals surface area contributed by atoms with Crippen molar-refractivity contribution in [2.24, 2.45) is 0 Å². The first-order valence-corrected chi connectivity index (χ1v) is 5.45. The van der Waals surface area contributed by atoms with Crippen molar-refractivity contribution in [2.45, 2.75) is 33.3 Å². The molecule has 0 bridgehead atoms. The summed E-state index contributed by atoms with van der Waals surface area (Å²) in [7, 11) is 0. The Morgan fingerprint density at radius 2 is 2.06 bits per heavy atom. The third kappa shape index (κ3) is 3.35. The summed E-state index contributed by atoms with van der Waals surface area (Å²) in [6.07, 6.45) is -0.769. The summed E-state index contributed by atoms with van der Waals surface area (Å²) in [4.78, 5) is 11.2. The molecule has 3 heteroatoms. The van der Waals surface area contributed by atoms with Gasteiger partial charge in [0.25, 0.3) is 0 Å². The van der Waals surface area contributed by atoms with E-state index in [4.69, 9.17) is 4.74 Å². The summed E-state index contributed by atoms with van der Waals surface area (Å²) in [5, 5.41) is 9.83. The smallest absolute Gasteiger partial charge is 0.308 e. The lowest BCUT2D eigenvalue weighted by Gasteiger charge is -2.11. The molecule has 0 heterocycles. The van der Waals surface area contributed by atoms with Crippen LogP contribution in [0.5, 0.6) is 0 Å². The standard InChI is InChI=1S/C13H18O3/c1-4-16-13(15)8-12(14)11-6-5-9(2)10(3)7-11/h5-7,12,14H,4,8H2,1-3H3. The molecule has 0 aliphatic carbocycles. The monoisotopic (exact) mass is 222 g/mol. The van der Waals surface area contributed by atoms with Crippen LogP contribution in [-0.2, 0) is 9.53 Å². The second kappa shape index (κ2) is 5.66. The van der Waals surface area contributed by atoms with Gasteiger partial charge in [-0.05, 0) is 37.5 Å². The number of ether oxygens (including phenoxy) is 1. The highest BCUT2D eigenvalue weighted by Crippen LogP contribution is 2.20. The number of aliphatic hydroxyl groups excluding tert-OH is 1. The molecule has 1 aromatic carbocycles. The Morgan fingerprint density at radius 3 is 2.62 bits per heavy atom. The second-order valence-electron chi connectivity index (χ2n) is 3.87. The highest BCUT2D eigenvalue weighted by atomic mass is 16.5. The third-order valence-electron chi connectivity index (χ3n) is 2.58. The highest BCUT2D eigenvalue weighted by Gasteiger charge is 2.14. The predicted molar refractivity (Wildman–Crippen MR) is 62.1 cm³/mol. The van der Waals surface area contributed by atoms with Gasteiger partial charge < -0.3 is 9.84 Å². The Labute approximate surface area is 96.1 Å². The van der Waals surface area contributed by atoms with Crippen LogP contribution < -0.4 is 0 Å². The molecule has 1 N–H and O–H groups in total. The average molecular weight is 222 g/mol. The molecule has 0 spiro atoms. The van der Waals surface area contributed by atoms with E-state index < -0.39 is 6.10 Å². The van der Waals surface area contributed by atoms with Gasteiger partial charge in [0.15, 0.2) is 0 Å². The Balaban J connectivity index is 2.69. The van der Waals surface area contributed by atoms with Crippen molar-refractivity contribution in [1.82, 2.24) is 0 Å². The quantitative estimate of drug-likeness (QED) is 0.795. The topological polar surface area (TPSA) is 46.5 Å². The number of carbonyl (C=O) groups excluding carboxylic acids is 1. The van der Waals surface area contributed by atoms with Gasteiger partial charge in [0.05, 0.1) is 19.1 Å². The molecule has 0 aliphatic heterocycles. The van der Waals surface area contributed by atoms with Gasteiger partial charge >= 0.3 is 5.97 Å². The normalized spacial score (nSPS) is 12.2. The molecular weight excluding hydrogens is 204 g/mol. The fraction of sp³-hybridized carbons (Fsp3) is 0.462. The molecule has 3 nitrogen and oxygen atoms in total. The number of hydrogen-bond donors (Lipinski definition) is 1. The van der Waals surface area contributed by atoms with Gasteiger partial charge in [0.1, 0.15) is 0 Å². The van der Waals surface area contributed by atoms with Crippen molar-refractivity contribution in [1.29, 1.82) is 0 Å². The van der Waals surface area contributed by atoms with Crippen LogP contribution in [0, 0.1) is 13.8 Å². The molecule has 1 atom stereocenters. The van der Waals surface area contributed by atoms with E-state index >= 15 is 0 Å². The van der Waals surface area contributed by atoms with Gasteiger partial charge in [-0.1, -0.05) is 18.2 Å². The molecule has 0 saturated carbocycles. The van der Waals surface area contributed by atoms with E-state index in [1.807, 2.05) is 32.0 Å². The molecular formula is C13H18O3. The molecule has 0 amide bonds. The molecule has 0 fully saturated rings. The van der Waals surface area contributed by atoms with E-state index in [1.54, 1.807) is 6.92 Å². The molecule has 0 radical (unpaired) electrons. The zero-order valence-corrected chi connectivity index (χ0v) is 9.99. The zero-order valence-electron chi connectivity index (χ0n) is 9.99. The van der Waals surface area contributed by atoms with E-state index in [-0.39, 0.29) is 12.4 Å². The van der Waals surface area contributed by atoms with Crippen LogP contribution >= 0.6 is 0 Å². The molecule has 0 aromatic heterocycles. The largest absolute Gasteiger partial charge is 0.466 e. The van der Waals surface area contributed by atoms with E-state index in [0.717, 1.165) is 11.1 Å².